The van der Waals surface area contributed by atoms with Gasteiger partial charge in [0.15, 0.2) is 0 Å². The minimum atomic E-state index is -0.120. The molecule has 0 radical (unpaired) electrons. The van der Waals surface area contributed by atoms with E-state index in [2.05, 4.69) is 21.4 Å². The first-order valence-electron chi connectivity index (χ1n) is 6.79. The maximum atomic E-state index is 12.2. The van der Waals surface area contributed by atoms with Crippen molar-refractivity contribution in [3.8, 4) is 0 Å². The largest absolute Gasteiger partial charge is 0.324 e. The predicted molar refractivity (Wildman–Crippen MR) is 81.4 cm³/mol. The normalized spacial score (nSPS) is 17.8. The summed E-state index contributed by atoms with van der Waals surface area (Å²) in [5.41, 5.74) is 1.79. The van der Waals surface area contributed by atoms with Crippen LogP contribution in [-0.2, 0) is 0 Å². The van der Waals surface area contributed by atoms with Crippen LogP contribution >= 0.6 is 11.6 Å². The van der Waals surface area contributed by atoms with Crippen LogP contribution in [0.25, 0.3) is 0 Å². The van der Waals surface area contributed by atoms with E-state index in [4.69, 9.17) is 11.6 Å². The molecule has 0 aromatic carbocycles. The molecule has 1 unspecified atom stereocenters. The lowest BCUT2D eigenvalue weighted by Gasteiger charge is -2.17. The number of urea groups is 1. The van der Waals surface area contributed by atoms with E-state index >= 15 is 0 Å². The number of hydrogen-bond acceptors (Lipinski definition) is 3. The highest BCUT2D eigenvalue weighted by Gasteiger charge is 2.27. The molecule has 2 aromatic rings. The van der Waals surface area contributed by atoms with Gasteiger partial charge in [-0.15, -0.1) is 0 Å². The summed E-state index contributed by atoms with van der Waals surface area (Å²) in [5.74, 6) is 0.349. The number of carbonyl (C=O) groups excluding carboxylic acids is 1. The molecular formula is C15H15ClN4O. The van der Waals surface area contributed by atoms with Crippen molar-refractivity contribution < 1.29 is 4.79 Å². The third-order valence-corrected chi connectivity index (χ3v) is 3.79. The quantitative estimate of drug-likeness (QED) is 0.927. The standard InChI is InChI=1S/C15H15ClN4O/c16-13-6-14(9-18-8-13)19-15(21)20-5-3-12(10-20)11-2-1-4-17-7-11/h1-2,4,6-9,12H,3,5,10H2,(H,19,21). The Bertz CT molecular complexity index is 635. The van der Waals surface area contributed by atoms with Gasteiger partial charge in [0.05, 0.1) is 16.9 Å². The Morgan fingerprint density at radius 2 is 2.24 bits per heavy atom. The van der Waals surface area contributed by atoms with Crippen LogP contribution in [0.5, 0.6) is 0 Å². The number of nitrogens with one attached hydrogen (secondary N) is 1. The minimum Gasteiger partial charge on any atom is -0.324 e. The number of anilines is 1. The number of aromatic nitrogens is 2. The number of hydrogen-bond donors (Lipinski definition) is 1. The highest BCUT2D eigenvalue weighted by atomic mass is 35.5. The van der Waals surface area contributed by atoms with Gasteiger partial charge in [-0.2, -0.15) is 0 Å². The average molecular weight is 303 g/mol. The zero-order chi connectivity index (χ0) is 14.7. The third-order valence-electron chi connectivity index (χ3n) is 3.59. The van der Waals surface area contributed by atoms with E-state index < -0.39 is 0 Å². The van der Waals surface area contributed by atoms with Crippen LogP contribution in [0, 0.1) is 0 Å². The first kappa shape index (κ1) is 13.8. The summed E-state index contributed by atoms with van der Waals surface area (Å²) in [6.45, 7) is 1.44. The summed E-state index contributed by atoms with van der Waals surface area (Å²) in [7, 11) is 0. The second-order valence-electron chi connectivity index (χ2n) is 5.04. The summed E-state index contributed by atoms with van der Waals surface area (Å²) >= 11 is 5.86. The van der Waals surface area contributed by atoms with E-state index in [1.54, 1.807) is 23.4 Å². The molecule has 1 saturated heterocycles. The van der Waals surface area contributed by atoms with E-state index in [1.165, 1.54) is 11.8 Å². The molecule has 2 aromatic heterocycles. The summed E-state index contributed by atoms with van der Waals surface area (Å²) in [4.78, 5) is 22.1. The lowest BCUT2D eigenvalue weighted by Crippen LogP contribution is -2.32. The fraction of sp³-hybridized carbons (Fsp3) is 0.267. The molecule has 5 nitrogen and oxygen atoms in total. The van der Waals surface area contributed by atoms with Gasteiger partial charge in [-0.25, -0.2) is 4.79 Å². The van der Waals surface area contributed by atoms with E-state index in [0.29, 0.717) is 23.2 Å². The Morgan fingerprint density at radius 3 is 3.00 bits per heavy atom. The maximum absolute atomic E-state index is 12.2. The zero-order valence-electron chi connectivity index (χ0n) is 11.4. The van der Waals surface area contributed by atoms with E-state index in [0.717, 1.165) is 13.0 Å². The monoisotopic (exact) mass is 302 g/mol. The first-order chi connectivity index (χ1) is 10.2. The highest BCUT2D eigenvalue weighted by Crippen LogP contribution is 2.27. The summed E-state index contributed by atoms with van der Waals surface area (Å²) in [5, 5.41) is 3.32. The van der Waals surface area contributed by atoms with Crippen molar-refractivity contribution in [1.82, 2.24) is 14.9 Å². The molecule has 1 fully saturated rings. The fourth-order valence-corrected chi connectivity index (χ4v) is 2.69. The molecule has 0 saturated carbocycles. The van der Waals surface area contributed by atoms with Gasteiger partial charge in [0, 0.05) is 37.6 Å². The second kappa shape index (κ2) is 6.10. The van der Waals surface area contributed by atoms with Gasteiger partial charge in [-0.1, -0.05) is 17.7 Å². The van der Waals surface area contributed by atoms with Gasteiger partial charge in [0.25, 0.3) is 0 Å². The third kappa shape index (κ3) is 3.31. The number of halogens is 1. The first-order valence-corrected chi connectivity index (χ1v) is 7.16. The summed E-state index contributed by atoms with van der Waals surface area (Å²) in [6, 6.07) is 5.54. The Balaban J connectivity index is 1.62. The molecule has 21 heavy (non-hydrogen) atoms. The SMILES string of the molecule is O=C(Nc1cncc(Cl)c1)N1CCC(c2cccnc2)C1. The number of carbonyl (C=O) groups is 1. The van der Waals surface area contributed by atoms with Crippen LogP contribution in [0.3, 0.4) is 0 Å². The van der Waals surface area contributed by atoms with Crippen LogP contribution in [0.2, 0.25) is 5.02 Å². The van der Waals surface area contributed by atoms with E-state index in [9.17, 15) is 4.79 Å². The maximum Gasteiger partial charge on any atom is 0.321 e. The van der Waals surface area contributed by atoms with Crippen molar-refractivity contribution in [3.63, 3.8) is 0 Å². The van der Waals surface area contributed by atoms with E-state index in [1.807, 2.05) is 12.3 Å². The second-order valence-corrected chi connectivity index (χ2v) is 5.48. The number of pyridine rings is 2. The van der Waals surface area contributed by atoms with Gasteiger partial charge < -0.3 is 10.2 Å². The summed E-state index contributed by atoms with van der Waals surface area (Å²) in [6.07, 6.45) is 7.69. The smallest absolute Gasteiger partial charge is 0.321 e. The number of nitrogens with zero attached hydrogens (tertiary/aromatic N) is 3. The highest BCUT2D eigenvalue weighted by molar-refractivity contribution is 6.30. The molecule has 1 N–H and O–H groups in total. The Labute approximate surface area is 128 Å². The molecule has 1 atom stereocenters. The molecule has 0 aliphatic carbocycles. The van der Waals surface area contributed by atoms with Crippen LogP contribution in [0.1, 0.15) is 17.9 Å². The number of rotatable bonds is 2. The lowest BCUT2D eigenvalue weighted by atomic mass is 10.0. The Morgan fingerprint density at radius 1 is 1.33 bits per heavy atom. The molecule has 1 aliphatic heterocycles. The predicted octanol–water partition coefficient (Wildman–Crippen LogP) is 3.15. The molecule has 3 heterocycles. The molecule has 2 amide bonds. The Hall–Kier alpha value is -2.14. The van der Waals surface area contributed by atoms with Crippen molar-refractivity contribution in [2.24, 2.45) is 0 Å². The van der Waals surface area contributed by atoms with Gasteiger partial charge in [-0.3, -0.25) is 9.97 Å². The molecule has 3 rings (SSSR count). The van der Waals surface area contributed by atoms with Gasteiger partial charge >= 0.3 is 6.03 Å². The lowest BCUT2D eigenvalue weighted by molar-refractivity contribution is 0.222. The van der Waals surface area contributed by atoms with Gasteiger partial charge in [0.1, 0.15) is 0 Å². The van der Waals surface area contributed by atoms with Gasteiger partial charge in [-0.05, 0) is 24.1 Å². The van der Waals surface area contributed by atoms with Crippen LogP contribution in [0.15, 0.2) is 43.0 Å². The molecular weight excluding hydrogens is 288 g/mol. The van der Waals surface area contributed by atoms with Crippen LogP contribution in [0.4, 0.5) is 10.5 Å². The number of likely N-dealkylation sites (tertiary alicyclic amines) is 1. The van der Waals surface area contributed by atoms with E-state index in [-0.39, 0.29) is 6.03 Å². The molecule has 1 aliphatic rings. The molecule has 6 heteroatoms. The number of amides is 2. The van der Waals surface area contributed by atoms with Crippen molar-refractivity contribution in [2.75, 3.05) is 18.4 Å². The van der Waals surface area contributed by atoms with Crippen LogP contribution < -0.4 is 5.32 Å². The Kier molecular flexibility index (Phi) is 4.01. The van der Waals surface area contributed by atoms with Crippen molar-refractivity contribution in [2.45, 2.75) is 12.3 Å². The van der Waals surface area contributed by atoms with Crippen molar-refractivity contribution in [3.05, 3.63) is 53.6 Å². The van der Waals surface area contributed by atoms with Crippen molar-refractivity contribution in [1.29, 1.82) is 0 Å². The molecule has 0 bridgehead atoms. The van der Waals surface area contributed by atoms with Gasteiger partial charge in [0.2, 0.25) is 0 Å². The molecule has 108 valence electrons. The topological polar surface area (TPSA) is 58.1 Å². The molecule has 0 spiro atoms. The summed E-state index contributed by atoms with van der Waals surface area (Å²) < 4.78 is 0. The van der Waals surface area contributed by atoms with Crippen LogP contribution in [-0.4, -0.2) is 34.0 Å². The minimum absolute atomic E-state index is 0.120. The zero-order valence-corrected chi connectivity index (χ0v) is 12.1. The fourth-order valence-electron chi connectivity index (χ4n) is 2.52. The average Bonchev–Trinajstić information content (AvgIpc) is 2.98. The van der Waals surface area contributed by atoms with Crippen molar-refractivity contribution >= 4 is 23.3 Å².